The molecule has 0 aliphatic carbocycles. The van der Waals surface area contributed by atoms with Gasteiger partial charge in [-0.3, -0.25) is 0 Å². The lowest BCUT2D eigenvalue weighted by Gasteiger charge is -2.05. The molecule has 1 aromatic heterocycles. The van der Waals surface area contributed by atoms with E-state index in [1.165, 1.54) is 10.4 Å². The van der Waals surface area contributed by atoms with Crippen LogP contribution in [0.25, 0.3) is 0 Å². The molecular weight excluding hydrogens is 256 g/mol. The maximum atomic E-state index is 5.73. The average molecular weight is 276 g/mol. The van der Waals surface area contributed by atoms with Gasteiger partial charge in [0.2, 0.25) is 0 Å². The Hall–Kier alpha value is -1.39. The van der Waals surface area contributed by atoms with Gasteiger partial charge in [0.05, 0.1) is 11.6 Å². The summed E-state index contributed by atoms with van der Waals surface area (Å²) < 4.78 is 5.73. The molecule has 1 N–H and O–H groups in total. The number of rotatable bonds is 7. The summed E-state index contributed by atoms with van der Waals surface area (Å²) in [6, 6.07) is 8.13. The minimum Gasteiger partial charge on any atom is -0.493 e. The van der Waals surface area contributed by atoms with Crippen molar-refractivity contribution in [2.45, 2.75) is 26.8 Å². The minimum atomic E-state index is 0.678. The topological polar surface area (TPSA) is 34.2 Å². The van der Waals surface area contributed by atoms with E-state index in [1.807, 2.05) is 18.3 Å². The van der Waals surface area contributed by atoms with Crippen LogP contribution in [-0.2, 0) is 13.0 Å². The van der Waals surface area contributed by atoms with Crippen LogP contribution >= 0.6 is 11.3 Å². The van der Waals surface area contributed by atoms with Crippen LogP contribution in [0.3, 0.4) is 0 Å². The highest BCUT2D eigenvalue weighted by Crippen LogP contribution is 2.15. The zero-order chi connectivity index (χ0) is 13.5. The number of hydrogen-bond donors (Lipinski definition) is 1. The van der Waals surface area contributed by atoms with Gasteiger partial charge >= 0.3 is 0 Å². The van der Waals surface area contributed by atoms with E-state index in [2.05, 4.69) is 36.3 Å². The van der Waals surface area contributed by atoms with Gasteiger partial charge in [0.15, 0.2) is 0 Å². The number of nitrogens with zero attached hydrogens (tertiary/aromatic N) is 1. The number of aromatic nitrogens is 1. The van der Waals surface area contributed by atoms with E-state index in [-0.39, 0.29) is 0 Å². The van der Waals surface area contributed by atoms with Gasteiger partial charge in [0.25, 0.3) is 0 Å². The highest BCUT2D eigenvalue weighted by Gasteiger charge is 2.02. The van der Waals surface area contributed by atoms with E-state index < -0.39 is 0 Å². The third-order valence-electron chi connectivity index (χ3n) is 2.72. The molecule has 0 saturated carbocycles. The standard InChI is InChI=1S/C15H20N2OS/c1-3-16-10-14-11-17-15(19-14)7-8-18-13-6-4-5-12(2)9-13/h4-6,9,11,16H,3,7-8,10H2,1-2H3. The van der Waals surface area contributed by atoms with Crippen LogP contribution in [0.4, 0.5) is 0 Å². The maximum Gasteiger partial charge on any atom is 0.119 e. The molecule has 0 aliphatic rings. The second kappa shape index (κ2) is 7.26. The first-order valence-electron chi connectivity index (χ1n) is 6.61. The van der Waals surface area contributed by atoms with Crippen molar-refractivity contribution < 1.29 is 4.74 Å². The average Bonchev–Trinajstić information content (AvgIpc) is 2.84. The molecule has 1 heterocycles. The van der Waals surface area contributed by atoms with Crippen molar-refractivity contribution in [1.29, 1.82) is 0 Å². The molecule has 19 heavy (non-hydrogen) atoms. The van der Waals surface area contributed by atoms with Crippen molar-refractivity contribution >= 4 is 11.3 Å². The van der Waals surface area contributed by atoms with Crippen molar-refractivity contribution in [2.75, 3.05) is 13.2 Å². The van der Waals surface area contributed by atoms with Crippen molar-refractivity contribution in [3.63, 3.8) is 0 Å². The van der Waals surface area contributed by atoms with Crippen molar-refractivity contribution in [1.82, 2.24) is 10.3 Å². The molecule has 102 valence electrons. The maximum absolute atomic E-state index is 5.73. The van der Waals surface area contributed by atoms with E-state index >= 15 is 0 Å². The first kappa shape index (κ1) is 14.0. The number of thiazole rings is 1. The summed E-state index contributed by atoms with van der Waals surface area (Å²) in [6.45, 7) is 6.76. The van der Waals surface area contributed by atoms with Gasteiger partial charge in [-0.1, -0.05) is 19.1 Å². The SMILES string of the molecule is CCNCc1cnc(CCOc2cccc(C)c2)s1. The molecule has 1 aromatic carbocycles. The molecule has 0 saturated heterocycles. The molecule has 2 aromatic rings. The number of nitrogens with one attached hydrogen (secondary N) is 1. The van der Waals surface area contributed by atoms with Crippen LogP contribution in [-0.4, -0.2) is 18.1 Å². The molecule has 0 atom stereocenters. The predicted molar refractivity (Wildman–Crippen MR) is 79.9 cm³/mol. The summed E-state index contributed by atoms with van der Waals surface area (Å²) in [5, 5.41) is 4.44. The molecule has 0 radical (unpaired) electrons. The van der Waals surface area contributed by atoms with Gasteiger partial charge in [0, 0.05) is 24.0 Å². The summed E-state index contributed by atoms with van der Waals surface area (Å²) in [4.78, 5) is 5.70. The number of aryl methyl sites for hydroxylation is 1. The fourth-order valence-corrected chi connectivity index (χ4v) is 2.63. The van der Waals surface area contributed by atoms with Gasteiger partial charge in [0.1, 0.15) is 5.75 Å². The zero-order valence-electron chi connectivity index (χ0n) is 11.5. The second-order valence-corrected chi connectivity index (χ2v) is 5.62. The molecule has 0 amide bonds. The summed E-state index contributed by atoms with van der Waals surface area (Å²) >= 11 is 1.76. The Morgan fingerprint density at radius 1 is 1.37 bits per heavy atom. The Labute approximate surface area is 118 Å². The first-order chi connectivity index (χ1) is 9.28. The van der Waals surface area contributed by atoms with Crippen molar-refractivity contribution in [2.24, 2.45) is 0 Å². The van der Waals surface area contributed by atoms with Crippen LogP contribution in [0.2, 0.25) is 0 Å². The van der Waals surface area contributed by atoms with Gasteiger partial charge in [-0.15, -0.1) is 11.3 Å². The molecule has 0 unspecified atom stereocenters. The van der Waals surface area contributed by atoms with Crippen molar-refractivity contribution in [3.05, 3.63) is 45.9 Å². The quantitative estimate of drug-likeness (QED) is 0.843. The summed E-state index contributed by atoms with van der Waals surface area (Å²) in [6.07, 6.45) is 2.82. The highest BCUT2D eigenvalue weighted by atomic mass is 32.1. The van der Waals surface area contributed by atoms with E-state index in [0.717, 1.165) is 30.3 Å². The fraction of sp³-hybridized carbons (Fsp3) is 0.400. The molecular formula is C15H20N2OS. The predicted octanol–water partition coefficient (Wildman–Crippen LogP) is 3.18. The Kier molecular flexibility index (Phi) is 5.36. The zero-order valence-corrected chi connectivity index (χ0v) is 12.3. The minimum absolute atomic E-state index is 0.678. The Balaban J connectivity index is 1.77. The van der Waals surface area contributed by atoms with Crippen LogP contribution in [0.1, 0.15) is 22.4 Å². The van der Waals surface area contributed by atoms with Crippen molar-refractivity contribution in [3.8, 4) is 5.75 Å². The molecule has 3 nitrogen and oxygen atoms in total. The third kappa shape index (κ3) is 4.65. The molecule has 0 aliphatic heterocycles. The Bertz CT molecular complexity index is 510. The number of hydrogen-bond acceptors (Lipinski definition) is 4. The van der Waals surface area contributed by atoms with Crippen LogP contribution in [0.5, 0.6) is 5.75 Å². The highest BCUT2D eigenvalue weighted by molar-refractivity contribution is 7.11. The lowest BCUT2D eigenvalue weighted by atomic mass is 10.2. The molecule has 0 bridgehead atoms. The van der Waals surface area contributed by atoms with Gasteiger partial charge in [-0.05, 0) is 31.2 Å². The lowest BCUT2D eigenvalue weighted by molar-refractivity contribution is 0.321. The fourth-order valence-electron chi connectivity index (χ4n) is 1.75. The number of benzene rings is 1. The summed E-state index contributed by atoms with van der Waals surface area (Å²) in [5.74, 6) is 0.935. The van der Waals surface area contributed by atoms with E-state index in [0.29, 0.717) is 6.61 Å². The van der Waals surface area contributed by atoms with Crippen LogP contribution in [0.15, 0.2) is 30.5 Å². The number of ether oxygens (including phenoxy) is 1. The summed E-state index contributed by atoms with van der Waals surface area (Å²) in [5.41, 5.74) is 1.22. The monoisotopic (exact) mass is 276 g/mol. The molecule has 0 spiro atoms. The second-order valence-electron chi connectivity index (χ2n) is 4.42. The summed E-state index contributed by atoms with van der Waals surface area (Å²) in [7, 11) is 0. The normalized spacial score (nSPS) is 10.6. The first-order valence-corrected chi connectivity index (χ1v) is 7.43. The van der Waals surface area contributed by atoms with E-state index in [4.69, 9.17) is 4.74 Å². The molecule has 0 fully saturated rings. The van der Waals surface area contributed by atoms with Crippen LogP contribution < -0.4 is 10.1 Å². The molecule has 4 heteroatoms. The Morgan fingerprint density at radius 2 is 2.26 bits per heavy atom. The third-order valence-corrected chi connectivity index (χ3v) is 3.78. The van der Waals surface area contributed by atoms with Crippen LogP contribution in [0, 0.1) is 6.92 Å². The van der Waals surface area contributed by atoms with Gasteiger partial charge < -0.3 is 10.1 Å². The van der Waals surface area contributed by atoms with Gasteiger partial charge in [-0.2, -0.15) is 0 Å². The van der Waals surface area contributed by atoms with Gasteiger partial charge in [-0.25, -0.2) is 4.98 Å². The van der Waals surface area contributed by atoms with E-state index in [1.54, 1.807) is 11.3 Å². The smallest absolute Gasteiger partial charge is 0.119 e. The van der Waals surface area contributed by atoms with E-state index in [9.17, 15) is 0 Å². The largest absolute Gasteiger partial charge is 0.493 e. The molecule has 2 rings (SSSR count). The lowest BCUT2D eigenvalue weighted by Crippen LogP contribution is -2.10. The Morgan fingerprint density at radius 3 is 3.05 bits per heavy atom.